The van der Waals surface area contributed by atoms with Gasteiger partial charge in [-0.05, 0) is 30.2 Å². The van der Waals surface area contributed by atoms with Crippen molar-refractivity contribution in [3.8, 4) is 0 Å². The van der Waals surface area contributed by atoms with Gasteiger partial charge in [0.05, 0.1) is 0 Å². The first kappa shape index (κ1) is 14.4. The number of hydrogen-bond donors (Lipinski definition) is 1. The molecule has 19 heavy (non-hydrogen) atoms. The second-order valence-electron chi connectivity index (χ2n) is 5.57. The van der Waals surface area contributed by atoms with Crippen molar-refractivity contribution < 1.29 is 9.90 Å². The highest BCUT2D eigenvalue weighted by Crippen LogP contribution is 2.67. The maximum Gasteiger partial charge on any atom is 0.325 e. The number of aliphatic carboxylic acids is 1. The molecular formula is C15H16Cl2O2. The number of benzene rings is 1. The van der Waals surface area contributed by atoms with Crippen LogP contribution in [0.5, 0.6) is 0 Å². The van der Waals surface area contributed by atoms with E-state index in [1.165, 1.54) is 0 Å². The molecule has 0 aromatic heterocycles. The third-order valence-corrected chi connectivity index (χ3v) is 5.22. The normalized spacial score (nSPS) is 29.1. The molecule has 1 N–H and O–H groups in total. The molecule has 1 saturated carbocycles. The van der Waals surface area contributed by atoms with E-state index in [1.54, 1.807) is 0 Å². The van der Waals surface area contributed by atoms with E-state index in [1.807, 2.05) is 51.1 Å². The zero-order valence-electron chi connectivity index (χ0n) is 11.1. The summed E-state index contributed by atoms with van der Waals surface area (Å²) in [7, 11) is 0. The number of halogens is 2. The lowest BCUT2D eigenvalue weighted by atomic mass is 10.0. The van der Waals surface area contributed by atoms with Crippen molar-refractivity contribution in [3.05, 3.63) is 40.9 Å². The lowest BCUT2D eigenvalue weighted by Crippen LogP contribution is -2.21. The quantitative estimate of drug-likeness (QED) is 0.837. The fourth-order valence-electron chi connectivity index (χ4n) is 2.54. The van der Waals surface area contributed by atoms with Crippen LogP contribution in [0.2, 0.25) is 5.02 Å². The Morgan fingerprint density at radius 2 is 1.84 bits per heavy atom. The summed E-state index contributed by atoms with van der Waals surface area (Å²) in [5.41, 5.74) is 1.60. The molecule has 1 aromatic rings. The summed E-state index contributed by atoms with van der Waals surface area (Å²) in [6, 6.07) is 7.47. The second kappa shape index (κ2) is 4.53. The summed E-state index contributed by atoms with van der Waals surface area (Å²) in [5, 5.41) is 9.94. The Bertz CT molecular complexity index is 546. The van der Waals surface area contributed by atoms with E-state index in [2.05, 4.69) is 0 Å². The van der Waals surface area contributed by atoms with Crippen LogP contribution < -0.4 is 0 Å². The number of carboxylic acid groups (broad SMARTS) is 1. The standard InChI is InChI=1S/C15H16Cl2O2/c1-9(10-4-6-11(16)7-5-10)8-12-14(2,3)15(12,17)13(18)19/h4-8,12H,1-3H3,(H,18,19). The van der Waals surface area contributed by atoms with Gasteiger partial charge in [-0.15, -0.1) is 11.6 Å². The molecule has 1 aliphatic carbocycles. The SMILES string of the molecule is CC(=CC1C(C)(C)C1(Cl)C(=O)O)c1ccc(Cl)cc1. The fraction of sp³-hybridized carbons (Fsp3) is 0.400. The molecule has 2 unspecified atom stereocenters. The first-order valence-corrected chi connectivity index (χ1v) is 6.83. The minimum Gasteiger partial charge on any atom is -0.480 e. The molecule has 0 heterocycles. The minimum atomic E-state index is -1.19. The van der Waals surface area contributed by atoms with Gasteiger partial charge in [0, 0.05) is 16.4 Å². The van der Waals surface area contributed by atoms with Crippen molar-refractivity contribution in [1.82, 2.24) is 0 Å². The smallest absolute Gasteiger partial charge is 0.325 e. The highest BCUT2D eigenvalue weighted by molar-refractivity contribution is 6.37. The van der Waals surface area contributed by atoms with Crippen molar-refractivity contribution in [2.45, 2.75) is 25.6 Å². The van der Waals surface area contributed by atoms with Crippen LogP contribution in [-0.2, 0) is 4.79 Å². The van der Waals surface area contributed by atoms with Crippen molar-refractivity contribution in [2.75, 3.05) is 0 Å². The van der Waals surface area contributed by atoms with Gasteiger partial charge in [0.2, 0.25) is 0 Å². The fourth-order valence-corrected chi connectivity index (χ4v) is 3.06. The number of alkyl halides is 1. The van der Waals surface area contributed by atoms with Crippen LogP contribution >= 0.6 is 23.2 Å². The van der Waals surface area contributed by atoms with E-state index < -0.39 is 16.3 Å². The molecule has 2 nitrogen and oxygen atoms in total. The van der Waals surface area contributed by atoms with Gasteiger partial charge in [0.1, 0.15) is 0 Å². The lowest BCUT2D eigenvalue weighted by molar-refractivity contribution is -0.138. The second-order valence-corrected chi connectivity index (χ2v) is 6.61. The summed E-state index contributed by atoms with van der Waals surface area (Å²) < 4.78 is 0. The van der Waals surface area contributed by atoms with Crippen molar-refractivity contribution in [2.24, 2.45) is 11.3 Å². The third kappa shape index (κ3) is 2.17. The van der Waals surface area contributed by atoms with Gasteiger partial charge in [-0.2, -0.15) is 0 Å². The molecule has 0 saturated heterocycles. The molecule has 4 heteroatoms. The molecule has 0 amide bonds. The average Bonchev–Trinajstić information content (AvgIpc) is 2.76. The molecule has 2 atom stereocenters. The van der Waals surface area contributed by atoms with Gasteiger partial charge >= 0.3 is 5.97 Å². The Labute approximate surface area is 123 Å². The number of rotatable bonds is 3. The molecule has 1 aliphatic rings. The van der Waals surface area contributed by atoms with Crippen molar-refractivity contribution in [3.63, 3.8) is 0 Å². The average molecular weight is 299 g/mol. The highest BCUT2D eigenvalue weighted by atomic mass is 35.5. The highest BCUT2D eigenvalue weighted by Gasteiger charge is 2.74. The predicted octanol–water partition coefficient (Wildman–Crippen LogP) is 4.46. The number of hydrogen-bond acceptors (Lipinski definition) is 1. The van der Waals surface area contributed by atoms with Gasteiger partial charge in [0.15, 0.2) is 4.87 Å². The van der Waals surface area contributed by atoms with E-state index >= 15 is 0 Å². The Hall–Kier alpha value is -0.990. The molecular weight excluding hydrogens is 283 g/mol. The summed E-state index contributed by atoms with van der Waals surface area (Å²) >= 11 is 12.1. The van der Waals surface area contributed by atoms with Crippen LogP contribution in [0.4, 0.5) is 0 Å². The van der Waals surface area contributed by atoms with E-state index in [9.17, 15) is 9.90 Å². The monoisotopic (exact) mass is 298 g/mol. The first-order chi connectivity index (χ1) is 8.71. The molecule has 1 aromatic carbocycles. The van der Waals surface area contributed by atoms with Gasteiger partial charge in [-0.1, -0.05) is 43.7 Å². The molecule has 1 fully saturated rings. The van der Waals surface area contributed by atoms with E-state index in [4.69, 9.17) is 23.2 Å². The summed E-state index contributed by atoms with van der Waals surface area (Å²) in [6.07, 6.45) is 1.95. The molecule has 0 spiro atoms. The number of carbonyl (C=O) groups is 1. The molecule has 0 radical (unpaired) electrons. The van der Waals surface area contributed by atoms with Gasteiger partial charge < -0.3 is 5.11 Å². The van der Waals surface area contributed by atoms with Crippen LogP contribution in [0.15, 0.2) is 30.3 Å². The Morgan fingerprint density at radius 1 is 1.32 bits per heavy atom. The van der Waals surface area contributed by atoms with Crippen molar-refractivity contribution in [1.29, 1.82) is 0 Å². The van der Waals surface area contributed by atoms with Crippen LogP contribution in [0, 0.1) is 11.3 Å². The first-order valence-electron chi connectivity index (χ1n) is 6.08. The summed E-state index contributed by atoms with van der Waals surface area (Å²) in [5.74, 6) is -1.13. The van der Waals surface area contributed by atoms with Gasteiger partial charge in [-0.3, -0.25) is 4.79 Å². The van der Waals surface area contributed by atoms with E-state index in [0.29, 0.717) is 5.02 Å². The van der Waals surface area contributed by atoms with Gasteiger partial charge in [-0.25, -0.2) is 0 Å². The zero-order valence-corrected chi connectivity index (χ0v) is 12.6. The minimum absolute atomic E-state index is 0.171. The molecule has 0 bridgehead atoms. The number of carboxylic acids is 1. The van der Waals surface area contributed by atoms with Crippen LogP contribution in [0.1, 0.15) is 26.3 Å². The van der Waals surface area contributed by atoms with Crippen LogP contribution in [0.3, 0.4) is 0 Å². The largest absolute Gasteiger partial charge is 0.480 e. The summed E-state index contributed by atoms with van der Waals surface area (Å²) in [4.78, 5) is 10.1. The number of allylic oxidation sites excluding steroid dienone is 2. The van der Waals surface area contributed by atoms with E-state index in [-0.39, 0.29) is 5.92 Å². The molecule has 2 rings (SSSR count). The van der Waals surface area contributed by atoms with Crippen LogP contribution in [0.25, 0.3) is 5.57 Å². The lowest BCUT2D eigenvalue weighted by Gasteiger charge is -2.04. The van der Waals surface area contributed by atoms with Crippen molar-refractivity contribution >= 4 is 34.7 Å². The van der Waals surface area contributed by atoms with Crippen LogP contribution in [-0.4, -0.2) is 16.0 Å². The predicted molar refractivity (Wildman–Crippen MR) is 78.6 cm³/mol. The Balaban J connectivity index is 2.28. The Kier molecular flexibility index (Phi) is 3.44. The maximum absolute atomic E-state index is 11.3. The third-order valence-electron chi connectivity index (χ3n) is 4.09. The molecule has 102 valence electrons. The van der Waals surface area contributed by atoms with Gasteiger partial charge in [0.25, 0.3) is 0 Å². The zero-order chi connectivity index (χ0) is 14.4. The Morgan fingerprint density at radius 3 is 2.26 bits per heavy atom. The summed E-state index contributed by atoms with van der Waals surface area (Å²) in [6.45, 7) is 5.71. The van der Waals surface area contributed by atoms with E-state index in [0.717, 1.165) is 11.1 Å². The molecule has 0 aliphatic heterocycles. The topological polar surface area (TPSA) is 37.3 Å². The maximum atomic E-state index is 11.3.